The first-order valence-electron chi connectivity index (χ1n) is 6.14. The number of hydrogen-bond acceptors (Lipinski definition) is 4. The molecule has 2 heterocycles. The van der Waals surface area contributed by atoms with Gasteiger partial charge in [0.15, 0.2) is 11.5 Å². The van der Waals surface area contributed by atoms with Crippen molar-refractivity contribution in [1.29, 1.82) is 0 Å². The number of fused-ring (bicyclic) bond motifs is 1. The molecule has 19 heavy (non-hydrogen) atoms. The van der Waals surface area contributed by atoms with Gasteiger partial charge < -0.3 is 14.8 Å². The minimum Gasteiger partial charge on any atom is -0.486 e. The van der Waals surface area contributed by atoms with Gasteiger partial charge in [-0.15, -0.1) is 0 Å². The van der Waals surface area contributed by atoms with Crippen LogP contribution in [0.1, 0.15) is 5.56 Å². The normalized spacial score (nSPS) is 13.1. The van der Waals surface area contributed by atoms with Crippen LogP contribution in [-0.4, -0.2) is 23.0 Å². The molecule has 0 spiro atoms. The van der Waals surface area contributed by atoms with Crippen LogP contribution >= 0.6 is 0 Å². The monoisotopic (exact) mass is 257 g/mol. The molecule has 3 rings (SSSR count). The largest absolute Gasteiger partial charge is 0.486 e. The van der Waals surface area contributed by atoms with Gasteiger partial charge in [-0.3, -0.25) is 0 Å². The number of nitrogens with one attached hydrogen (secondary N) is 1. The quantitative estimate of drug-likeness (QED) is 0.913. The van der Waals surface area contributed by atoms with Gasteiger partial charge in [-0.25, -0.2) is 4.68 Å². The maximum atomic E-state index is 5.54. The number of rotatable bonds is 4. The van der Waals surface area contributed by atoms with Crippen molar-refractivity contribution >= 4 is 11.9 Å². The molecule has 0 amide bonds. The Labute approximate surface area is 111 Å². The number of anilines is 1. The van der Waals surface area contributed by atoms with Gasteiger partial charge in [0.2, 0.25) is 0 Å². The van der Waals surface area contributed by atoms with E-state index in [1.807, 2.05) is 30.6 Å². The summed E-state index contributed by atoms with van der Waals surface area (Å²) < 4.78 is 12.7. The second kappa shape index (κ2) is 5.06. The van der Waals surface area contributed by atoms with Gasteiger partial charge >= 0.3 is 0 Å². The van der Waals surface area contributed by atoms with E-state index in [9.17, 15) is 0 Å². The third kappa shape index (κ3) is 2.54. The zero-order valence-corrected chi connectivity index (χ0v) is 10.5. The van der Waals surface area contributed by atoms with E-state index in [2.05, 4.69) is 17.0 Å². The number of hydrogen-bond donors (Lipinski definition) is 1. The Balaban J connectivity index is 1.68. The molecule has 0 aliphatic carbocycles. The standard InChI is InChI=1S/C14H15N3O2/c1-2-17-10-11(9-16-17)8-15-12-3-4-13-14(7-12)19-6-5-18-13/h2-4,7,9-10,15H,1,5-6,8H2. The molecule has 0 atom stereocenters. The van der Waals surface area contributed by atoms with Gasteiger partial charge in [-0.1, -0.05) is 6.58 Å². The van der Waals surface area contributed by atoms with E-state index in [1.54, 1.807) is 10.9 Å². The zero-order chi connectivity index (χ0) is 13.1. The van der Waals surface area contributed by atoms with E-state index >= 15 is 0 Å². The smallest absolute Gasteiger partial charge is 0.163 e. The van der Waals surface area contributed by atoms with Crippen molar-refractivity contribution in [3.8, 4) is 11.5 Å². The molecular weight excluding hydrogens is 242 g/mol. The van der Waals surface area contributed by atoms with Crippen LogP contribution in [0, 0.1) is 0 Å². The lowest BCUT2D eigenvalue weighted by Crippen LogP contribution is -2.15. The summed E-state index contributed by atoms with van der Waals surface area (Å²) in [6.45, 7) is 5.57. The van der Waals surface area contributed by atoms with Crippen molar-refractivity contribution < 1.29 is 9.47 Å². The van der Waals surface area contributed by atoms with E-state index in [1.165, 1.54) is 0 Å². The zero-order valence-electron chi connectivity index (χ0n) is 10.5. The van der Waals surface area contributed by atoms with Crippen LogP contribution in [0.15, 0.2) is 37.2 Å². The first-order valence-corrected chi connectivity index (χ1v) is 6.14. The highest BCUT2D eigenvalue weighted by Crippen LogP contribution is 2.32. The molecule has 98 valence electrons. The molecule has 5 nitrogen and oxygen atoms in total. The van der Waals surface area contributed by atoms with Crippen molar-refractivity contribution in [3.63, 3.8) is 0 Å². The predicted octanol–water partition coefficient (Wildman–Crippen LogP) is 2.37. The maximum Gasteiger partial charge on any atom is 0.163 e. The highest BCUT2D eigenvalue weighted by molar-refractivity contribution is 5.55. The summed E-state index contributed by atoms with van der Waals surface area (Å²) in [5.41, 5.74) is 2.09. The van der Waals surface area contributed by atoms with Gasteiger partial charge in [0.25, 0.3) is 0 Å². The number of benzene rings is 1. The Hall–Kier alpha value is -2.43. The molecule has 2 aromatic rings. The fourth-order valence-corrected chi connectivity index (χ4v) is 1.93. The highest BCUT2D eigenvalue weighted by Gasteiger charge is 2.11. The molecule has 0 radical (unpaired) electrons. The van der Waals surface area contributed by atoms with E-state index < -0.39 is 0 Å². The third-order valence-corrected chi connectivity index (χ3v) is 2.88. The summed E-state index contributed by atoms with van der Waals surface area (Å²) in [6, 6.07) is 5.85. The fourth-order valence-electron chi connectivity index (χ4n) is 1.93. The predicted molar refractivity (Wildman–Crippen MR) is 73.4 cm³/mol. The van der Waals surface area contributed by atoms with Crippen LogP contribution in [-0.2, 0) is 6.54 Å². The Morgan fingerprint density at radius 3 is 2.95 bits per heavy atom. The van der Waals surface area contributed by atoms with Gasteiger partial charge in [0.05, 0.1) is 6.20 Å². The molecule has 1 aliphatic heterocycles. The summed E-state index contributed by atoms with van der Waals surface area (Å²) in [5.74, 6) is 1.59. The van der Waals surface area contributed by atoms with Crippen LogP contribution in [0.5, 0.6) is 11.5 Å². The van der Waals surface area contributed by atoms with E-state index in [4.69, 9.17) is 9.47 Å². The SMILES string of the molecule is C=Cn1cc(CNc2ccc3c(c2)OCCO3)cn1. The lowest BCUT2D eigenvalue weighted by molar-refractivity contribution is 0.171. The molecule has 0 fully saturated rings. The Morgan fingerprint density at radius 1 is 1.32 bits per heavy atom. The van der Waals surface area contributed by atoms with Crippen molar-refractivity contribution in [3.05, 3.63) is 42.7 Å². The Bertz CT molecular complexity index is 592. The molecule has 1 N–H and O–H groups in total. The summed E-state index contributed by atoms with van der Waals surface area (Å²) >= 11 is 0. The van der Waals surface area contributed by atoms with E-state index in [0.717, 1.165) is 22.7 Å². The van der Waals surface area contributed by atoms with E-state index in [-0.39, 0.29) is 0 Å². The minimum absolute atomic E-state index is 0.600. The van der Waals surface area contributed by atoms with E-state index in [0.29, 0.717) is 19.8 Å². The maximum absolute atomic E-state index is 5.54. The van der Waals surface area contributed by atoms with Crippen LogP contribution in [0.3, 0.4) is 0 Å². The lowest BCUT2D eigenvalue weighted by Gasteiger charge is -2.19. The molecule has 1 aromatic heterocycles. The summed E-state index contributed by atoms with van der Waals surface area (Å²) in [7, 11) is 0. The first kappa shape index (κ1) is 11.6. The summed E-state index contributed by atoms with van der Waals surface area (Å²) in [4.78, 5) is 0. The van der Waals surface area contributed by atoms with Crippen LogP contribution < -0.4 is 14.8 Å². The van der Waals surface area contributed by atoms with Gasteiger partial charge in [0.1, 0.15) is 13.2 Å². The average molecular weight is 257 g/mol. The fraction of sp³-hybridized carbons (Fsp3) is 0.214. The molecule has 0 saturated carbocycles. The minimum atomic E-state index is 0.600. The van der Waals surface area contributed by atoms with Crippen LogP contribution in [0.4, 0.5) is 5.69 Å². The molecule has 0 unspecified atom stereocenters. The molecule has 0 bridgehead atoms. The average Bonchev–Trinajstić information content (AvgIpc) is 2.93. The molecule has 1 aliphatic rings. The number of aromatic nitrogens is 2. The Morgan fingerprint density at radius 2 is 2.16 bits per heavy atom. The number of nitrogens with zero attached hydrogens (tertiary/aromatic N) is 2. The molecular formula is C14H15N3O2. The van der Waals surface area contributed by atoms with Crippen molar-refractivity contribution in [1.82, 2.24) is 9.78 Å². The third-order valence-electron chi connectivity index (χ3n) is 2.88. The molecule has 0 saturated heterocycles. The summed E-state index contributed by atoms with van der Waals surface area (Å²) in [5, 5.41) is 7.46. The topological polar surface area (TPSA) is 48.3 Å². The summed E-state index contributed by atoms with van der Waals surface area (Å²) in [6.07, 6.45) is 5.40. The first-order chi connectivity index (χ1) is 9.35. The van der Waals surface area contributed by atoms with Gasteiger partial charge in [-0.2, -0.15) is 5.10 Å². The molecule has 1 aromatic carbocycles. The van der Waals surface area contributed by atoms with Crippen molar-refractivity contribution in [2.45, 2.75) is 6.54 Å². The van der Waals surface area contributed by atoms with Crippen LogP contribution in [0.25, 0.3) is 6.20 Å². The van der Waals surface area contributed by atoms with Gasteiger partial charge in [0, 0.05) is 36.3 Å². The number of ether oxygens (including phenoxy) is 2. The lowest BCUT2D eigenvalue weighted by atomic mass is 10.2. The highest BCUT2D eigenvalue weighted by atomic mass is 16.6. The Kier molecular flexibility index (Phi) is 3.10. The van der Waals surface area contributed by atoms with Gasteiger partial charge in [-0.05, 0) is 12.1 Å². The second-order valence-corrected chi connectivity index (χ2v) is 4.22. The van der Waals surface area contributed by atoms with Crippen molar-refractivity contribution in [2.75, 3.05) is 18.5 Å². The van der Waals surface area contributed by atoms with Crippen LogP contribution in [0.2, 0.25) is 0 Å². The molecule has 5 heteroatoms. The van der Waals surface area contributed by atoms with Crippen molar-refractivity contribution in [2.24, 2.45) is 0 Å². The second-order valence-electron chi connectivity index (χ2n) is 4.22.